The van der Waals surface area contributed by atoms with Crippen LogP contribution < -0.4 is 5.43 Å². The first-order valence-electron chi connectivity index (χ1n) is 8.96. The molecule has 1 heterocycles. The van der Waals surface area contributed by atoms with Crippen molar-refractivity contribution in [1.82, 2.24) is 9.78 Å². The summed E-state index contributed by atoms with van der Waals surface area (Å²) in [5.74, 6) is -2.22. The lowest BCUT2D eigenvalue weighted by Gasteiger charge is -2.15. The zero-order valence-electron chi connectivity index (χ0n) is 15.6. The van der Waals surface area contributed by atoms with Gasteiger partial charge in [-0.05, 0) is 36.4 Å². The molecule has 31 heavy (non-hydrogen) atoms. The van der Waals surface area contributed by atoms with Gasteiger partial charge in [-0.2, -0.15) is 18.3 Å². The van der Waals surface area contributed by atoms with E-state index in [-0.39, 0.29) is 22.5 Å². The van der Waals surface area contributed by atoms with E-state index in [1.165, 1.54) is 22.9 Å². The number of para-hydroxylation sites is 1. The summed E-state index contributed by atoms with van der Waals surface area (Å²) in [4.78, 5) is 12.9. The van der Waals surface area contributed by atoms with Gasteiger partial charge >= 0.3 is 6.18 Å². The van der Waals surface area contributed by atoms with Gasteiger partial charge in [-0.3, -0.25) is 9.48 Å². The Balaban J connectivity index is 1.97. The molecule has 1 aromatic heterocycles. The van der Waals surface area contributed by atoms with Gasteiger partial charge in [0.1, 0.15) is 17.3 Å². The van der Waals surface area contributed by atoms with E-state index in [4.69, 9.17) is 11.6 Å². The van der Waals surface area contributed by atoms with Crippen LogP contribution in [-0.4, -0.2) is 9.78 Å². The third-order valence-corrected chi connectivity index (χ3v) is 4.99. The highest BCUT2D eigenvalue weighted by atomic mass is 35.5. The SMILES string of the molecule is O=c1c(-c2cccc(C(F)(F)F)c2F)nn(Cc2ccc(Cl)cc2F)c2ccccc12. The Morgan fingerprint density at radius 2 is 1.71 bits per heavy atom. The maximum Gasteiger partial charge on any atom is 0.419 e. The third-order valence-electron chi connectivity index (χ3n) is 4.76. The molecule has 0 unspecified atom stereocenters. The van der Waals surface area contributed by atoms with Crippen molar-refractivity contribution in [3.63, 3.8) is 0 Å². The number of alkyl halides is 3. The summed E-state index contributed by atoms with van der Waals surface area (Å²) in [6.45, 7) is -0.155. The molecule has 0 bridgehead atoms. The fourth-order valence-corrected chi connectivity index (χ4v) is 3.44. The maximum atomic E-state index is 14.7. The topological polar surface area (TPSA) is 34.9 Å². The van der Waals surface area contributed by atoms with Crippen molar-refractivity contribution in [2.24, 2.45) is 0 Å². The molecule has 0 amide bonds. The molecule has 0 fully saturated rings. The van der Waals surface area contributed by atoms with Crippen LogP contribution in [0.4, 0.5) is 22.0 Å². The molecule has 0 saturated heterocycles. The molecule has 0 aliphatic carbocycles. The zero-order chi connectivity index (χ0) is 22.3. The molecule has 0 N–H and O–H groups in total. The lowest BCUT2D eigenvalue weighted by molar-refractivity contribution is -0.139. The average molecular weight is 451 g/mol. The van der Waals surface area contributed by atoms with Crippen LogP contribution >= 0.6 is 11.6 Å². The molecular weight excluding hydrogens is 439 g/mol. The van der Waals surface area contributed by atoms with Crippen molar-refractivity contribution in [1.29, 1.82) is 0 Å². The monoisotopic (exact) mass is 450 g/mol. The molecule has 9 heteroatoms. The minimum atomic E-state index is -4.94. The number of hydrogen-bond acceptors (Lipinski definition) is 2. The Hall–Kier alpha value is -3.26. The van der Waals surface area contributed by atoms with Crippen molar-refractivity contribution in [2.45, 2.75) is 12.7 Å². The van der Waals surface area contributed by atoms with Crippen molar-refractivity contribution in [3.05, 3.63) is 98.7 Å². The Morgan fingerprint density at radius 1 is 0.968 bits per heavy atom. The predicted octanol–water partition coefficient (Wildman–Crippen LogP) is 6.06. The molecular formula is C22H12ClF5N2O. The first-order valence-corrected chi connectivity index (χ1v) is 9.34. The number of rotatable bonds is 3. The zero-order valence-corrected chi connectivity index (χ0v) is 16.3. The van der Waals surface area contributed by atoms with Gasteiger partial charge in [0.2, 0.25) is 5.43 Å². The van der Waals surface area contributed by atoms with E-state index in [2.05, 4.69) is 5.10 Å². The number of benzene rings is 3. The minimum absolute atomic E-state index is 0.110. The number of hydrogen-bond donors (Lipinski definition) is 0. The summed E-state index contributed by atoms with van der Waals surface area (Å²) in [7, 11) is 0. The van der Waals surface area contributed by atoms with Crippen molar-refractivity contribution in [3.8, 4) is 11.3 Å². The van der Waals surface area contributed by atoms with Crippen LogP contribution in [0.25, 0.3) is 22.2 Å². The molecule has 4 aromatic rings. The van der Waals surface area contributed by atoms with E-state index < -0.39 is 40.1 Å². The number of aromatic nitrogens is 2. The smallest absolute Gasteiger partial charge is 0.287 e. The number of halogens is 6. The highest BCUT2D eigenvalue weighted by Crippen LogP contribution is 2.34. The second kappa shape index (κ2) is 7.77. The first kappa shape index (κ1) is 21.0. The van der Waals surface area contributed by atoms with Crippen LogP contribution in [0.1, 0.15) is 11.1 Å². The number of fused-ring (bicyclic) bond motifs is 1. The second-order valence-corrected chi connectivity index (χ2v) is 7.19. The number of nitrogens with zero attached hydrogens (tertiary/aromatic N) is 2. The van der Waals surface area contributed by atoms with Gasteiger partial charge in [0.15, 0.2) is 0 Å². The molecule has 0 spiro atoms. The van der Waals surface area contributed by atoms with Gasteiger partial charge in [-0.25, -0.2) is 8.78 Å². The van der Waals surface area contributed by atoms with Crippen LogP contribution in [0.5, 0.6) is 0 Å². The van der Waals surface area contributed by atoms with E-state index in [0.717, 1.165) is 18.2 Å². The molecule has 0 aliphatic rings. The Labute approximate surface area is 177 Å². The lowest BCUT2D eigenvalue weighted by Crippen LogP contribution is -2.19. The van der Waals surface area contributed by atoms with Gasteiger partial charge in [0.05, 0.1) is 17.6 Å². The van der Waals surface area contributed by atoms with Crippen molar-refractivity contribution in [2.75, 3.05) is 0 Å². The van der Waals surface area contributed by atoms with Crippen LogP contribution in [-0.2, 0) is 12.7 Å². The normalized spacial score (nSPS) is 11.8. The van der Waals surface area contributed by atoms with E-state index in [0.29, 0.717) is 11.6 Å². The standard InChI is InChI=1S/C22H12ClF5N2O/c23-13-9-8-12(17(24)10-13)11-30-18-7-2-1-4-14(18)21(31)20(29-30)15-5-3-6-16(19(15)25)22(26,27)28/h1-10H,11H2. The first-order chi connectivity index (χ1) is 14.7. The predicted molar refractivity (Wildman–Crippen MR) is 107 cm³/mol. The Kier molecular flexibility index (Phi) is 5.26. The van der Waals surface area contributed by atoms with Gasteiger partial charge in [-0.15, -0.1) is 0 Å². The highest BCUT2D eigenvalue weighted by Gasteiger charge is 2.35. The summed E-state index contributed by atoms with van der Waals surface area (Å²) in [6, 6.07) is 12.8. The van der Waals surface area contributed by atoms with Crippen molar-refractivity contribution < 1.29 is 22.0 Å². The quantitative estimate of drug-likeness (QED) is 0.355. The molecule has 3 aromatic carbocycles. The highest BCUT2D eigenvalue weighted by molar-refractivity contribution is 6.30. The third kappa shape index (κ3) is 3.90. The van der Waals surface area contributed by atoms with Gasteiger partial charge in [0, 0.05) is 21.5 Å². The summed E-state index contributed by atoms with van der Waals surface area (Å²) >= 11 is 5.77. The lowest BCUT2D eigenvalue weighted by atomic mass is 10.0. The van der Waals surface area contributed by atoms with E-state index >= 15 is 0 Å². The van der Waals surface area contributed by atoms with Crippen LogP contribution in [0.15, 0.2) is 65.5 Å². The second-order valence-electron chi connectivity index (χ2n) is 6.75. The minimum Gasteiger partial charge on any atom is -0.287 e. The summed E-state index contributed by atoms with van der Waals surface area (Å²) in [5.41, 5.74) is -2.83. The van der Waals surface area contributed by atoms with E-state index in [9.17, 15) is 26.7 Å². The van der Waals surface area contributed by atoms with E-state index in [1.54, 1.807) is 18.2 Å². The largest absolute Gasteiger partial charge is 0.419 e. The van der Waals surface area contributed by atoms with Crippen molar-refractivity contribution >= 4 is 22.5 Å². The van der Waals surface area contributed by atoms with Crippen LogP contribution in [0.3, 0.4) is 0 Å². The molecule has 0 saturated carbocycles. The van der Waals surface area contributed by atoms with Gasteiger partial charge in [0.25, 0.3) is 0 Å². The van der Waals surface area contributed by atoms with Crippen LogP contribution in [0.2, 0.25) is 5.02 Å². The summed E-state index contributed by atoms with van der Waals surface area (Å²) in [5, 5.41) is 4.41. The molecule has 3 nitrogen and oxygen atoms in total. The Bertz CT molecular complexity index is 1360. The summed E-state index contributed by atoms with van der Waals surface area (Å²) in [6.07, 6.45) is -4.94. The van der Waals surface area contributed by atoms with Crippen LogP contribution in [0, 0.1) is 11.6 Å². The molecule has 4 rings (SSSR count). The van der Waals surface area contributed by atoms with Gasteiger partial charge in [-0.1, -0.05) is 35.9 Å². The fourth-order valence-electron chi connectivity index (χ4n) is 3.28. The van der Waals surface area contributed by atoms with E-state index in [1.807, 2.05) is 0 Å². The average Bonchev–Trinajstić information content (AvgIpc) is 2.71. The maximum absolute atomic E-state index is 14.7. The molecule has 0 atom stereocenters. The van der Waals surface area contributed by atoms with Gasteiger partial charge < -0.3 is 0 Å². The molecule has 0 aliphatic heterocycles. The molecule has 158 valence electrons. The summed E-state index contributed by atoms with van der Waals surface area (Å²) < 4.78 is 69.7. The molecule has 0 radical (unpaired) electrons. The fraction of sp³-hybridized carbons (Fsp3) is 0.0909. The Morgan fingerprint density at radius 3 is 2.42 bits per heavy atom.